The quantitative estimate of drug-likeness (QED) is 0.687. The van der Waals surface area contributed by atoms with E-state index in [2.05, 4.69) is 20.3 Å². The maximum Gasteiger partial charge on any atom is 0.263 e. The van der Waals surface area contributed by atoms with Crippen molar-refractivity contribution in [3.8, 4) is 0 Å². The minimum absolute atomic E-state index is 0.114. The van der Waals surface area contributed by atoms with Gasteiger partial charge in [0.2, 0.25) is 11.8 Å². The van der Waals surface area contributed by atoms with Crippen molar-refractivity contribution in [2.75, 3.05) is 11.9 Å². The molecule has 0 bridgehead atoms. The van der Waals surface area contributed by atoms with Crippen LogP contribution in [-0.4, -0.2) is 38.7 Å². The van der Waals surface area contributed by atoms with E-state index in [4.69, 9.17) is 0 Å². The van der Waals surface area contributed by atoms with E-state index in [1.807, 2.05) is 32.0 Å². The van der Waals surface area contributed by atoms with Crippen LogP contribution in [0.4, 0.5) is 5.69 Å². The first-order chi connectivity index (χ1) is 13.7. The van der Waals surface area contributed by atoms with Crippen molar-refractivity contribution >= 4 is 33.4 Å². The van der Waals surface area contributed by atoms with E-state index in [0.717, 1.165) is 16.8 Å². The Hall–Kier alpha value is -3.20. The van der Waals surface area contributed by atoms with Crippen molar-refractivity contribution in [3.05, 3.63) is 59.2 Å². The lowest BCUT2D eigenvalue weighted by Crippen LogP contribution is -2.38. The Morgan fingerprint density at radius 2 is 1.72 bits per heavy atom. The molecular formula is C20H22N4O4S. The number of nitrogens with zero attached hydrogens (tertiary/aromatic N) is 1. The highest BCUT2D eigenvalue weighted by Gasteiger charge is 2.31. The Kier molecular flexibility index (Phi) is 5.69. The molecule has 0 saturated carbocycles. The van der Waals surface area contributed by atoms with Crippen LogP contribution in [0.3, 0.4) is 0 Å². The van der Waals surface area contributed by atoms with Crippen LogP contribution in [0, 0.1) is 13.8 Å². The van der Waals surface area contributed by atoms with Gasteiger partial charge in [-0.2, -0.15) is 0 Å². The number of carbonyl (C=O) groups excluding carboxylic acids is 2. The molecule has 1 heterocycles. The van der Waals surface area contributed by atoms with Crippen molar-refractivity contribution in [1.29, 1.82) is 0 Å². The summed E-state index contributed by atoms with van der Waals surface area (Å²) in [4.78, 5) is 28.8. The molecule has 0 aromatic heterocycles. The number of hydrogen-bond acceptors (Lipinski definition) is 5. The van der Waals surface area contributed by atoms with Gasteiger partial charge in [-0.15, -0.1) is 0 Å². The molecule has 8 nitrogen and oxygen atoms in total. The number of sulfonamides is 1. The SMILES string of the molecule is Cc1cccc(C)c1NC(=O)CNC(=O)[C@H](C)N=C1NS(=O)(=O)c2ccccc21. The van der Waals surface area contributed by atoms with Crippen LogP contribution in [0.25, 0.3) is 0 Å². The van der Waals surface area contributed by atoms with Gasteiger partial charge < -0.3 is 10.6 Å². The lowest BCUT2D eigenvalue weighted by atomic mass is 10.1. The number of para-hydroxylation sites is 1. The van der Waals surface area contributed by atoms with Gasteiger partial charge in [0.05, 0.1) is 11.4 Å². The highest BCUT2D eigenvalue weighted by atomic mass is 32.2. The third-order valence-corrected chi connectivity index (χ3v) is 5.93. The molecule has 1 aliphatic rings. The lowest BCUT2D eigenvalue weighted by Gasteiger charge is -2.13. The molecule has 3 N–H and O–H groups in total. The second-order valence-electron chi connectivity index (χ2n) is 6.79. The van der Waals surface area contributed by atoms with Crippen LogP contribution < -0.4 is 15.4 Å². The molecule has 2 aromatic carbocycles. The summed E-state index contributed by atoms with van der Waals surface area (Å²) in [5, 5.41) is 5.31. The van der Waals surface area contributed by atoms with Crippen molar-refractivity contribution in [2.45, 2.75) is 31.7 Å². The minimum Gasteiger partial charge on any atom is -0.345 e. The van der Waals surface area contributed by atoms with Crippen molar-refractivity contribution in [1.82, 2.24) is 10.0 Å². The van der Waals surface area contributed by atoms with E-state index in [1.54, 1.807) is 18.2 Å². The van der Waals surface area contributed by atoms with Crippen LogP contribution in [0.15, 0.2) is 52.4 Å². The van der Waals surface area contributed by atoms with Crippen LogP contribution >= 0.6 is 0 Å². The molecule has 0 saturated heterocycles. The Morgan fingerprint density at radius 3 is 2.41 bits per heavy atom. The summed E-state index contributed by atoms with van der Waals surface area (Å²) >= 11 is 0. The first kappa shape index (κ1) is 20.5. The summed E-state index contributed by atoms with van der Waals surface area (Å²) in [7, 11) is -3.67. The number of aliphatic imine (C=N–C) groups is 1. The number of carbonyl (C=O) groups is 2. The van der Waals surface area contributed by atoms with Gasteiger partial charge in [0.15, 0.2) is 0 Å². The maximum absolute atomic E-state index is 12.3. The van der Waals surface area contributed by atoms with Gasteiger partial charge in [-0.05, 0) is 44.0 Å². The Balaban J connectivity index is 1.63. The molecule has 0 spiro atoms. The fourth-order valence-electron chi connectivity index (χ4n) is 2.99. The normalized spacial score (nSPS) is 16.6. The fourth-order valence-corrected chi connectivity index (χ4v) is 4.23. The van der Waals surface area contributed by atoms with Gasteiger partial charge >= 0.3 is 0 Å². The van der Waals surface area contributed by atoms with Crippen molar-refractivity contribution in [3.63, 3.8) is 0 Å². The number of amidine groups is 1. The molecule has 1 atom stereocenters. The number of anilines is 1. The highest BCUT2D eigenvalue weighted by Crippen LogP contribution is 2.22. The number of rotatable bonds is 5. The van der Waals surface area contributed by atoms with E-state index in [9.17, 15) is 18.0 Å². The molecule has 0 unspecified atom stereocenters. The zero-order chi connectivity index (χ0) is 21.2. The Labute approximate surface area is 169 Å². The van der Waals surface area contributed by atoms with Crippen LogP contribution in [-0.2, 0) is 19.6 Å². The third kappa shape index (κ3) is 4.45. The van der Waals surface area contributed by atoms with Gasteiger partial charge in [-0.1, -0.05) is 30.3 Å². The summed E-state index contributed by atoms with van der Waals surface area (Å²) in [6.45, 7) is 5.09. The van der Waals surface area contributed by atoms with E-state index in [-0.39, 0.29) is 23.2 Å². The maximum atomic E-state index is 12.3. The number of aryl methyl sites for hydroxylation is 2. The molecule has 152 valence electrons. The summed E-state index contributed by atoms with van der Waals surface area (Å²) in [6.07, 6.45) is 0. The molecule has 9 heteroatoms. The Bertz CT molecular complexity index is 1090. The average Bonchev–Trinajstić information content (AvgIpc) is 2.93. The zero-order valence-corrected chi connectivity index (χ0v) is 17.1. The summed E-state index contributed by atoms with van der Waals surface area (Å²) in [5.74, 6) is -0.733. The monoisotopic (exact) mass is 414 g/mol. The van der Waals surface area contributed by atoms with Crippen LogP contribution in [0.2, 0.25) is 0 Å². The molecule has 1 aliphatic heterocycles. The Morgan fingerprint density at radius 1 is 1.07 bits per heavy atom. The molecule has 0 aliphatic carbocycles. The van der Waals surface area contributed by atoms with Gasteiger partial charge in [0.1, 0.15) is 11.9 Å². The largest absolute Gasteiger partial charge is 0.345 e. The highest BCUT2D eigenvalue weighted by molar-refractivity contribution is 7.90. The zero-order valence-electron chi connectivity index (χ0n) is 16.3. The minimum atomic E-state index is -3.67. The van der Waals surface area contributed by atoms with E-state index in [0.29, 0.717) is 5.56 Å². The van der Waals surface area contributed by atoms with E-state index in [1.165, 1.54) is 13.0 Å². The second kappa shape index (κ2) is 8.04. The third-order valence-electron chi connectivity index (χ3n) is 4.53. The van der Waals surface area contributed by atoms with Crippen molar-refractivity contribution < 1.29 is 18.0 Å². The van der Waals surface area contributed by atoms with Gasteiger partial charge in [0.25, 0.3) is 10.0 Å². The predicted molar refractivity (Wildman–Crippen MR) is 110 cm³/mol. The average molecular weight is 414 g/mol. The topological polar surface area (TPSA) is 117 Å². The molecule has 0 fully saturated rings. The van der Waals surface area contributed by atoms with Crippen LogP contribution in [0.1, 0.15) is 23.6 Å². The number of benzene rings is 2. The smallest absolute Gasteiger partial charge is 0.263 e. The van der Waals surface area contributed by atoms with E-state index >= 15 is 0 Å². The molecular weight excluding hydrogens is 392 g/mol. The van der Waals surface area contributed by atoms with E-state index < -0.39 is 22.0 Å². The number of amides is 2. The number of fused-ring (bicyclic) bond motifs is 1. The summed E-state index contributed by atoms with van der Waals surface area (Å²) in [6, 6.07) is 11.2. The fraction of sp³-hybridized carbons (Fsp3) is 0.250. The molecule has 29 heavy (non-hydrogen) atoms. The lowest BCUT2D eigenvalue weighted by molar-refractivity contribution is -0.124. The summed E-state index contributed by atoms with van der Waals surface area (Å²) < 4.78 is 26.6. The standard InChI is InChI=1S/C20H22N4O4S/c1-12-7-6-8-13(2)18(12)23-17(25)11-21-20(26)14(3)22-19-15-9-4-5-10-16(15)29(27,28)24-19/h4-10,14H,11H2,1-3H3,(H,21,26)(H,22,24)(H,23,25)/t14-/m0/s1. The number of nitrogens with one attached hydrogen (secondary N) is 3. The predicted octanol–water partition coefficient (Wildman–Crippen LogP) is 1.49. The van der Waals surface area contributed by atoms with Crippen LogP contribution in [0.5, 0.6) is 0 Å². The first-order valence-electron chi connectivity index (χ1n) is 9.03. The second-order valence-corrected chi connectivity index (χ2v) is 8.44. The molecule has 2 amide bonds. The van der Waals surface area contributed by atoms with Crippen molar-refractivity contribution in [2.24, 2.45) is 4.99 Å². The summed E-state index contributed by atoms with van der Waals surface area (Å²) in [5.41, 5.74) is 2.99. The van der Waals surface area contributed by atoms with Gasteiger partial charge in [-0.25, -0.2) is 8.42 Å². The molecule has 3 rings (SSSR count). The van der Waals surface area contributed by atoms with Gasteiger partial charge in [0, 0.05) is 11.3 Å². The number of hydrogen-bond donors (Lipinski definition) is 3. The molecule has 2 aromatic rings. The first-order valence-corrected chi connectivity index (χ1v) is 10.5. The molecule has 0 radical (unpaired) electrons. The van der Waals surface area contributed by atoms with Gasteiger partial charge in [-0.3, -0.25) is 19.3 Å².